The van der Waals surface area contributed by atoms with Crippen LogP contribution in [0.4, 0.5) is 0 Å². The Hall–Kier alpha value is -0.630. The van der Waals surface area contributed by atoms with Crippen molar-refractivity contribution >= 4 is 29.8 Å². The fourth-order valence-electron chi connectivity index (χ4n) is 1.98. The zero-order valence-corrected chi connectivity index (χ0v) is 12.7. The molecule has 0 N–H and O–H groups in total. The van der Waals surface area contributed by atoms with Crippen LogP contribution in [-0.4, -0.2) is 33.7 Å². The predicted octanol–water partition coefficient (Wildman–Crippen LogP) is 1.79. The summed E-state index contributed by atoms with van der Waals surface area (Å²) in [6.45, 7) is 2.04. The molecule has 106 valence electrons. The Morgan fingerprint density at radius 2 is 1.68 bits per heavy atom. The molecule has 0 heterocycles. The maximum absolute atomic E-state index is 12.5. The molecule has 1 saturated carbocycles. The van der Waals surface area contributed by atoms with Gasteiger partial charge in [0.2, 0.25) is 10.0 Å². The lowest BCUT2D eigenvalue weighted by Crippen LogP contribution is -2.33. The van der Waals surface area contributed by atoms with E-state index in [2.05, 4.69) is 0 Å². The third kappa shape index (κ3) is 2.94. The van der Waals surface area contributed by atoms with E-state index >= 15 is 0 Å². The van der Waals surface area contributed by atoms with E-state index in [0.29, 0.717) is 6.54 Å². The number of halogens is 1. The van der Waals surface area contributed by atoms with Crippen molar-refractivity contribution in [3.63, 3.8) is 0 Å². The molecule has 1 aromatic rings. The minimum atomic E-state index is -4.10. The van der Waals surface area contributed by atoms with Crippen LogP contribution >= 0.6 is 10.7 Å². The van der Waals surface area contributed by atoms with E-state index in [1.54, 1.807) is 6.92 Å². The second-order valence-electron chi connectivity index (χ2n) is 4.32. The number of sulfonamides is 1. The summed E-state index contributed by atoms with van der Waals surface area (Å²) in [5.74, 6) is 0. The van der Waals surface area contributed by atoms with Crippen LogP contribution in [-0.2, 0) is 19.1 Å². The molecule has 0 atom stereocenters. The minimum Gasteiger partial charge on any atom is -0.207 e. The van der Waals surface area contributed by atoms with E-state index in [1.807, 2.05) is 0 Å². The molecule has 5 nitrogen and oxygen atoms in total. The maximum atomic E-state index is 12.5. The standard InChI is InChI=1S/C11H14ClNO4S2/c1-2-13(9-7-8-9)19(16,17)11-6-4-3-5-10(11)18(12,14)15/h3-6,9H,2,7-8H2,1H3. The number of rotatable bonds is 5. The molecule has 2 rings (SSSR count). The van der Waals surface area contributed by atoms with Crippen LogP contribution in [0.2, 0.25) is 0 Å². The lowest BCUT2D eigenvalue weighted by molar-refractivity contribution is 0.419. The molecule has 0 radical (unpaired) electrons. The van der Waals surface area contributed by atoms with E-state index in [0.717, 1.165) is 12.8 Å². The van der Waals surface area contributed by atoms with Gasteiger partial charge in [0, 0.05) is 23.3 Å². The van der Waals surface area contributed by atoms with E-state index in [4.69, 9.17) is 10.7 Å². The van der Waals surface area contributed by atoms with Gasteiger partial charge in [-0.3, -0.25) is 0 Å². The van der Waals surface area contributed by atoms with Gasteiger partial charge in [-0.15, -0.1) is 0 Å². The second kappa shape index (κ2) is 5.05. The highest BCUT2D eigenvalue weighted by atomic mass is 35.7. The molecule has 8 heteroatoms. The van der Waals surface area contributed by atoms with Crippen molar-refractivity contribution in [2.45, 2.75) is 35.6 Å². The predicted molar refractivity (Wildman–Crippen MR) is 72.1 cm³/mol. The Bertz CT molecular complexity index is 680. The van der Waals surface area contributed by atoms with Gasteiger partial charge in [-0.1, -0.05) is 19.1 Å². The quantitative estimate of drug-likeness (QED) is 0.774. The summed E-state index contributed by atoms with van der Waals surface area (Å²) in [7, 11) is -2.63. The molecule has 19 heavy (non-hydrogen) atoms. The molecular weight excluding hydrogens is 310 g/mol. The Morgan fingerprint density at radius 3 is 2.11 bits per heavy atom. The van der Waals surface area contributed by atoms with Gasteiger partial charge in [0.25, 0.3) is 9.05 Å². The van der Waals surface area contributed by atoms with Crippen LogP contribution in [0.25, 0.3) is 0 Å². The van der Waals surface area contributed by atoms with E-state index in [1.165, 1.54) is 28.6 Å². The summed E-state index contributed by atoms with van der Waals surface area (Å²) in [6.07, 6.45) is 1.62. The van der Waals surface area contributed by atoms with Gasteiger partial charge in [-0.25, -0.2) is 16.8 Å². The van der Waals surface area contributed by atoms with Crippen LogP contribution in [0.15, 0.2) is 34.1 Å². The fraction of sp³-hybridized carbons (Fsp3) is 0.455. The molecule has 1 aliphatic rings. The summed E-state index contributed by atoms with van der Waals surface area (Å²) in [5, 5.41) is 0. The van der Waals surface area contributed by atoms with Gasteiger partial charge < -0.3 is 0 Å². The highest BCUT2D eigenvalue weighted by Crippen LogP contribution is 2.34. The smallest absolute Gasteiger partial charge is 0.207 e. The van der Waals surface area contributed by atoms with Crippen molar-refractivity contribution in [2.75, 3.05) is 6.54 Å². The summed E-state index contributed by atoms with van der Waals surface area (Å²) in [5.41, 5.74) is 0. The topological polar surface area (TPSA) is 71.5 Å². The maximum Gasteiger partial charge on any atom is 0.262 e. The molecule has 0 aromatic heterocycles. The van der Waals surface area contributed by atoms with Crippen LogP contribution in [0.3, 0.4) is 0 Å². The first-order valence-corrected chi connectivity index (χ1v) is 9.59. The lowest BCUT2D eigenvalue weighted by atomic mass is 10.4. The molecule has 0 bridgehead atoms. The van der Waals surface area contributed by atoms with Crippen molar-refractivity contribution in [3.8, 4) is 0 Å². The van der Waals surface area contributed by atoms with Gasteiger partial charge >= 0.3 is 0 Å². The van der Waals surface area contributed by atoms with Crippen molar-refractivity contribution in [3.05, 3.63) is 24.3 Å². The van der Waals surface area contributed by atoms with Gasteiger partial charge in [-0.05, 0) is 25.0 Å². The van der Waals surface area contributed by atoms with Crippen molar-refractivity contribution < 1.29 is 16.8 Å². The van der Waals surface area contributed by atoms with Crippen LogP contribution in [0.1, 0.15) is 19.8 Å². The summed E-state index contributed by atoms with van der Waals surface area (Å²) >= 11 is 0. The van der Waals surface area contributed by atoms with Crippen molar-refractivity contribution in [2.24, 2.45) is 0 Å². The monoisotopic (exact) mass is 323 g/mol. The summed E-state index contributed by atoms with van der Waals surface area (Å²) < 4.78 is 49.3. The first-order valence-electron chi connectivity index (χ1n) is 5.84. The molecular formula is C11H14ClNO4S2. The number of nitrogens with zero attached hydrogens (tertiary/aromatic N) is 1. The van der Waals surface area contributed by atoms with Crippen molar-refractivity contribution in [1.82, 2.24) is 4.31 Å². The molecule has 0 unspecified atom stereocenters. The average molecular weight is 324 g/mol. The third-order valence-corrected chi connectivity index (χ3v) is 6.56. The largest absolute Gasteiger partial charge is 0.262 e. The normalized spacial score (nSPS) is 16.8. The Kier molecular flexibility index (Phi) is 3.92. The summed E-state index contributed by atoms with van der Waals surface area (Å²) in [4.78, 5) is -0.616. The minimum absolute atomic E-state index is 0.0268. The average Bonchev–Trinajstić information content (AvgIpc) is 3.13. The first-order chi connectivity index (χ1) is 8.78. The Balaban J connectivity index is 2.58. The van der Waals surface area contributed by atoms with E-state index < -0.39 is 19.1 Å². The van der Waals surface area contributed by atoms with Gasteiger partial charge in [-0.2, -0.15) is 4.31 Å². The highest BCUT2D eigenvalue weighted by molar-refractivity contribution is 8.14. The molecule has 0 saturated heterocycles. The molecule has 0 spiro atoms. The Labute approximate surface area is 117 Å². The summed E-state index contributed by atoms with van der Waals surface area (Å²) in [6, 6.07) is 5.38. The SMILES string of the molecule is CCN(C1CC1)S(=O)(=O)c1ccccc1S(=O)(=O)Cl. The number of hydrogen-bond donors (Lipinski definition) is 0. The van der Waals surface area contributed by atoms with Gasteiger partial charge in [0.15, 0.2) is 0 Å². The lowest BCUT2D eigenvalue weighted by Gasteiger charge is -2.20. The van der Waals surface area contributed by atoms with Crippen molar-refractivity contribution in [1.29, 1.82) is 0 Å². The number of hydrogen-bond acceptors (Lipinski definition) is 4. The second-order valence-corrected chi connectivity index (χ2v) is 8.72. The molecule has 1 aromatic carbocycles. The molecule has 0 amide bonds. The first kappa shape index (κ1) is 14.8. The number of benzene rings is 1. The molecule has 0 aliphatic heterocycles. The molecule has 1 fully saturated rings. The van der Waals surface area contributed by atoms with Gasteiger partial charge in [0.1, 0.15) is 9.79 Å². The highest BCUT2D eigenvalue weighted by Gasteiger charge is 2.38. The Morgan fingerprint density at radius 1 is 1.16 bits per heavy atom. The van der Waals surface area contributed by atoms with E-state index in [-0.39, 0.29) is 15.8 Å². The van der Waals surface area contributed by atoms with Gasteiger partial charge in [0.05, 0.1) is 0 Å². The van der Waals surface area contributed by atoms with Crippen LogP contribution in [0.5, 0.6) is 0 Å². The van der Waals surface area contributed by atoms with E-state index in [9.17, 15) is 16.8 Å². The van der Waals surface area contributed by atoms with Crippen LogP contribution in [0, 0.1) is 0 Å². The zero-order valence-electron chi connectivity index (χ0n) is 10.3. The fourth-order valence-corrected chi connectivity index (χ4v) is 5.48. The van der Waals surface area contributed by atoms with Crippen LogP contribution < -0.4 is 0 Å². The molecule has 1 aliphatic carbocycles. The third-order valence-electron chi connectivity index (χ3n) is 2.96. The zero-order chi connectivity index (χ0) is 14.3.